The van der Waals surface area contributed by atoms with Crippen LogP contribution in [0.4, 0.5) is 14.5 Å². The third-order valence-electron chi connectivity index (χ3n) is 4.11. The molecular formula is C18H16F2N2O2. The first-order valence-corrected chi connectivity index (χ1v) is 7.60. The van der Waals surface area contributed by atoms with Crippen molar-refractivity contribution in [3.05, 3.63) is 65.2 Å². The monoisotopic (exact) mass is 330 g/mol. The molecule has 0 spiro atoms. The van der Waals surface area contributed by atoms with Crippen LogP contribution in [0.3, 0.4) is 0 Å². The first-order valence-electron chi connectivity index (χ1n) is 7.60. The molecule has 1 heterocycles. The lowest BCUT2D eigenvalue weighted by atomic mass is 9.96. The molecule has 2 aromatic carbocycles. The number of hydrogen-bond acceptors (Lipinski definition) is 2. The van der Waals surface area contributed by atoms with Gasteiger partial charge in [-0.1, -0.05) is 24.3 Å². The van der Waals surface area contributed by atoms with Crippen LogP contribution in [-0.2, 0) is 9.59 Å². The second-order valence-corrected chi connectivity index (χ2v) is 5.79. The van der Waals surface area contributed by atoms with E-state index in [4.69, 9.17) is 0 Å². The molecule has 0 fully saturated rings. The van der Waals surface area contributed by atoms with E-state index in [9.17, 15) is 18.4 Å². The van der Waals surface area contributed by atoms with Gasteiger partial charge >= 0.3 is 0 Å². The predicted octanol–water partition coefficient (Wildman–Crippen LogP) is 3.27. The number of amides is 2. The second-order valence-electron chi connectivity index (χ2n) is 5.79. The summed E-state index contributed by atoms with van der Waals surface area (Å²) in [5, 5.41) is 5.39. The van der Waals surface area contributed by atoms with Gasteiger partial charge in [0, 0.05) is 23.7 Å². The maximum absolute atomic E-state index is 13.8. The summed E-state index contributed by atoms with van der Waals surface area (Å²) in [6, 6.07) is 9.78. The van der Waals surface area contributed by atoms with Crippen LogP contribution in [0.25, 0.3) is 0 Å². The predicted molar refractivity (Wildman–Crippen MR) is 85.3 cm³/mol. The fourth-order valence-corrected chi connectivity index (χ4v) is 2.89. The van der Waals surface area contributed by atoms with E-state index in [1.54, 1.807) is 31.2 Å². The number of fused-ring (bicyclic) bond motifs is 1. The average Bonchev–Trinajstić information content (AvgIpc) is 2.83. The van der Waals surface area contributed by atoms with Gasteiger partial charge in [-0.05, 0) is 24.6 Å². The lowest BCUT2D eigenvalue weighted by Crippen LogP contribution is -2.29. The van der Waals surface area contributed by atoms with Crippen LogP contribution in [0.1, 0.15) is 36.4 Å². The van der Waals surface area contributed by atoms with Crippen LogP contribution in [0, 0.1) is 11.6 Å². The minimum Gasteiger partial charge on any atom is -0.349 e. The van der Waals surface area contributed by atoms with Gasteiger partial charge in [-0.3, -0.25) is 9.59 Å². The summed E-state index contributed by atoms with van der Waals surface area (Å²) in [6.07, 6.45) is -0.0317. The highest BCUT2D eigenvalue weighted by molar-refractivity contribution is 6.04. The Kier molecular flexibility index (Phi) is 4.29. The van der Waals surface area contributed by atoms with Crippen LogP contribution in [-0.4, -0.2) is 11.8 Å². The minimum atomic E-state index is -0.716. The molecule has 0 aromatic heterocycles. The molecule has 24 heavy (non-hydrogen) atoms. The average molecular weight is 330 g/mol. The Balaban J connectivity index is 1.69. The van der Waals surface area contributed by atoms with E-state index in [1.807, 2.05) is 0 Å². The van der Waals surface area contributed by atoms with Gasteiger partial charge in [0.25, 0.3) is 0 Å². The van der Waals surface area contributed by atoms with Crippen molar-refractivity contribution < 1.29 is 18.4 Å². The smallest absolute Gasteiger partial charge is 0.232 e. The normalized spacial score (nSPS) is 17.1. The molecule has 2 N–H and O–H groups in total. The Morgan fingerprint density at radius 2 is 2.00 bits per heavy atom. The molecule has 0 unspecified atom stereocenters. The minimum absolute atomic E-state index is 0.0317. The van der Waals surface area contributed by atoms with E-state index in [1.165, 1.54) is 6.07 Å². The number of rotatable bonds is 4. The quantitative estimate of drug-likeness (QED) is 0.904. The van der Waals surface area contributed by atoms with E-state index in [0.29, 0.717) is 5.69 Å². The number of carbonyl (C=O) groups excluding carboxylic acids is 2. The fraction of sp³-hybridized carbons (Fsp3) is 0.222. The third kappa shape index (κ3) is 3.13. The molecular weight excluding hydrogens is 314 g/mol. The van der Waals surface area contributed by atoms with Gasteiger partial charge in [-0.15, -0.1) is 0 Å². The van der Waals surface area contributed by atoms with Crippen LogP contribution >= 0.6 is 0 Å². The summed E-state index contributed by atoms with van der Waals surface area (Å²) in [7, 11) is 0. The highest BCUT2D eigenvalue weighted by Crippen LogP contribution is 2.34. The summed E-state index contributed by atoms with van der Waals surface area (Å²) in [4.78, 5) is 24.3. The number of benzene rings is 2. The van der Waals surface area contributed by atoms with Gasteiger partial charge in [-0.2, -0.15) is 0 Å². The summed E-state index contributed by atoms with van der Waals surface area (Å²) < 4.78 is 26.7. The van der Waals surface area contributed by atoms with Crippen molar-refractivity contribution in [1.29, 1.82) is 0 Å². The Bertz CT molecular complexity index is 807. The van der Waals surface area contributed by atoms with Crippen LogP contribution in [0.5, 0.6) is 0 Å². The van der Waals surface area contributed by atoms with Gasteiger partial charge in [0.2, 0.25) is 11.8 Å². The van der Waals surface area contributed by atoms with Crippen molar-refractivity contribution >= 4 is 17.5 Å². The Hall–Kier alpha value is -2.76. The molecule has 2 atom stereocenters. The van der Waals surface area contributed by atoms with E-state index in [-0.39, 0.29) is 23.8 Å². The summed E-state index contributed by atoms with van der Waals surface area (Å²) in [6.45, 7) is 1.61. The lowest BCUT2D eigenvalue weighted by Gasteiger charge is -2.16. The molecule has 1 aliphatic heterocycles. The maximum atomic E-state index is 13.8. The van der Waals surface area contributed by atoms with E-state index in [2.05, 4.69) is 10.6 Å². The number of nitrogens with one attached hydrogen (secondary N) is 2. The molecule has 6 heteroatoms. The highest BCUT2D eigenvalue weighted by Gasteiger charge is 2.32. The molecule has 1 aliphatic rings. The molecule has 3 rings (SSSR count). The van der Waals surface area contributed by atoms with E-state index < -0.39 is 23.6 Å². The molecule has 124 valence electrons. The van der Waals surface area contributed by atoms with E-state index in [0.717, 1.165) is 17.7 Å². The largest absolute Gasteiger partial charge is 0.349 e. The van der Waals surface area contributed by atoms with Crippen molar-refractivity contribution in [1.82, 2.24) is 5.32 Å². The molecule has 0 saturated heterocycles. The fourth-order valence-electron chi connectivity index (χ4n) is 2.89. The second kappa shape index (κ2) is 6.39. The lowest BCUT2D eigenvalue weighted by molar-refractivity contribution is -0.125. The summed E-state index contributed by atoms with van der Waals surface area (Å²) >= 11 is 0. The van der Waals surface area contributed by atoms with Gasteiger partial charge in [0.05, 0.1) is 12.0 Å². The molecule has 0 bridgehead atoms. The van der Waals surface area contributed by atoms with Gasteiger partial charge in [0.15, 0.2) is 0 Å². The molecule has 0 radical (unpaired) electrons. The molecule has 0 saturated carbocycles. The zero-order valence-corrected chi connectivity index (χ0v) is 13.0. The van der Waals surface area contributed by atoms with Crippen molar-refractivity contribution in [3.8, 4) is 0 Å². The van der Waals surface area contributed by atoms with Gasteiger partial charge in [0.1, 0.15) is 11.6 Å². The first-order chi connectivity index (χ1) is 11.5. The standard InChI is InChI=1S/C18H16F2N2O2/c1-10(12-7-6-11(19)8-15(12)20)21-17(23)9-14-13-4-2-3-5-16(13)22-18(14)24/h2-8,10,14H,9H2,1H3,(H,21,23)(H,22,24)/t10-,14-/m0/s1. The van der Waals surface area contributed by atoms with E-state index >= 15 is 0 Å². The Morgan fingerprint density at radius 1 is 1.25 bits per heavy atom. The van der Waals surface area contributed by atoms with Crippen molar-refractivity contribution in [2.45, 2.75) is 25.3 Å². The van der Waals surface area contributed by atoms with Crippen LogP contribution in [0.2, 0.25) is 0 Å². The number of halogens is 2. The van der Waals surface area contributed by atoms with Crippen molar-refractivity contribution in [2.75, 3.05) is 5.32 Å². The van der Waals surface area contributed by atoms with Crippen molar-refractivity contribution in [2.24, 2.45) is 0 Å². The topological polar surface area (TPSA) is 58.2 Å². The Morgan fingerprint density at radius 3 is 2.75 bits per heavy atom. The van der Waals surface area contributed by atoms with Crippen molar-refractivity contribution in [3.63, 3.8) is 0 Å². The van der Waals surface area contributed by atoms with Gasteiger partial charge in [-0.25, -0.2) is 8.78 Å². The van der Waals surface area contributed by atoms with Gasteiger partial charge < -0.3 is 10.6 Å². The Labute approximate surface area is 137 Å². The zero-order valence-electron chi connectivity index (χ0n) is 13.0. The maximum Gasteiger partial charge on any atom is 0.232 e. The number of hydrogen-bond donors (Lipinski definition) is 2. The number of anilines is 1. The molecule has 2 amide bonds. The first kappa shape index (κ1) is 16.1. The molecule has 4 nitrogen and oxygen atoms in total. The molecule has 0 aliphatic carbocycles. The highest BCUT2D eigenvalue weighted by atomic mass is 19.1. The van der Waals surface area contributed by atoms with Crippen LogP contribution in [0.15, 0.2) is 42.5 Å². The zero-order chi connectivity index (χ0) is 17.3. The number of para-hydroxylation sites is 1. The summed E-state index contributed by atoms with van der Waals surface area (Å²) in [5.41, 5.74) is 1.68. The summed E-state index contributed by atoms with van der Waals surface area (Å²) in [5.74, 6) is -2.55. The third-order valence-corrected chi connectivity index (χ3v) is 4.11. The molecule has 2 aromatic rings. The number of carbonyl (C=O) groups is 2. The SMILES string of the molecule is C[C@H](NC(=O)C[C@@H]1C(=O)Nc2ccccc21)c1ccc(F)cc1F. The van der Waals surface area contributed by atoms with Crippen LogP contribution < -0.4 is 10.6 Å².